The molecule has 1 aliphatic rings. The van der Waals surface area contributed by atoms with Crippen LogP contribution in [-0.2, 0) is 6.54 Å². The number of benzene rings is 1. The molecule has 0 aliphatic carbocycles. The first-order valence-corrected chi connectivity index (χ1v) is 9.35. The molecule has 1 heterocycles. The highest BCUT2D eigenvalue weighted by Crippen LogP contribution is 2.05. The molecule has 0 bridgehead atoms. The monoisotopic (exact) mass is 477 g/mol. The molecule has 5 nitrogen and oxygen atoms in total. The van der Waals surface area contributed by atoms with Gasteiger partial charge in [-0.1, -0.05) is 12.1 Å². The highest BCUT2D eigenvalue weighted by atomic mass is 127. The average molecular weight is 477 g/mol. The second kappa shape index (κ2) is 13.3. The third-order valence-corrected chi connectivity index (χ3v) is 4.44. The number of aliphatic imine (C=N–C) groups is 1. The van der Waals surface area contributed by atoms with Gasteiger partial charge in [0.1, 0.15) is 5.82 Å². The molecule has 0 spiro atoms. The summed E-state index contributed by atoms with van der Waals surface area (Å²) in [5, 5.41) is 6.61. The van der Waals surface area contributed by atoms with Gasteiger partial charge in [-0.25, -0.2) is 9.38 Å². The lowest BCUT2D eigenvalue weighted by molar-refractivity contribution is 0.152. The van der Waals surface area contributed by atoms with Crippen LogP contribution in [0.2, 0.25) is 0 Å². The van der Waals surface area contributed by atoms with Crippen molar-refractivity contribution in [3.63, 3.8) is 0 Å². The Kier molecular flexibility index (Phi) is 11.8. The summed E-state index contributed by atoms with van der Waals surface area (Å²) in [6, 6.07) is 6.60. The van der Waals surface area contributed by atoms with Crippen LogP contribution in [0.4, 0.5) is 4.39 Å². The summed E-state index contributed by atoms with van der Waals surface area (Å²) in [4.78, 5) is 9.46. The Morgan fingerprint density at radius 2 is 1.92 bits per heavy atom. The Morgan fingerprint density at radius 3 is 2.62 bits per heavy atom. The van der Waals surface area contributed by atoms with Crippen molar-refractivity contribution in [1.29, 1.82) is 0 Å². The predicted molar refractivity (Wildman–Crippen MR) is 118 cm³/mol. The number of nitrogens with zero attached hydrogens (tertiary/aromatic N) is 3. The van der Waals surface area contributed by atoms with E-state index in [1.807, 2.05) is 13.0 Å². The number of rotatable bonds is 8. The van der Waals surface area contributed by atoms with Gasteiger partial charge in [-0.05, 0) is 51.1 Å². The van der Waals surface area contributed by atoms with E-state index in [1.54, 1.807) is 6.07 Å². The van der Waals surface area contributed by atoms with Crippen molar-refractivity contribution in [3.05, 3.63) is 35.6 Å². The summed E-state index contributed by atoms with van der Waals surface area (Å²) in [5.41, 5.74) is 0.882. The maximum absolute atomic E-state index is 13.2. The van der Waals surface area contributed by atoms with Crippen molar-refractivity contribution in [2.45, 2.75) is 26.3 Å². The average Bonchev–Trinajstić information content (AvgIpc) is 2.61. The molecule has 1 aliphatic heterocycles. The van der Waals surface area contributed by atoms with E-state index >= 15 is 0 Å². The Morgan fingerprint density at radius 1 is 1.15 bits per heavy atom. The minimum absolute atomic E-state index is 0. The molecular formula is C19H33FIN5. The molecular weight excluding hydrogens is 444 g/mol. The summed E-state index contributed by atoms with van der Waals surface area (Å²) in [6.45, 7) is 10.1. The van der Waals surface area contributed by atoms with Crippen LogP contribution in [0.1, 0.15) is 25.3 Å². The molecule has 0 saturated carbocycles. The lowest BCUT2D eigenvalue weighted by Gasteiger charge is -2.32. The van der Waals surface area contributed by atoms with Crippen molar-refractivity contribution in [2.24, 2.45) is 4.99 Å². The number of halogens is 2. The van der Waals surface area contributed by atoms with Gasteiger partial charge < -0.3 is 20.4 Å². The zero-order valence-corrected chi connectivity index (χ0v) is 18.3. The van der Waals surface area contributed by atoms with Crippen LogP contribution >= 0.6 is 24.0 Å². The maximum Gasteiger partial charge on any atom is 0.191 e. The number of guanidine groups is 1. The third-order valence-electron chi connectivity index (χ3n) is 4.44. The van der Waals surface area contributed by atoms with Gasteiger partial charge in [0.15, 0.2) is 5.96 Å². The zero-order valence-electron chi connectivity index (χ0n) is 16.0. The van der Waals surface area contributed by atoms with Gasteiger partial charge in [0, 0.05) is 39.3 Å². The SMILES string of the molecule is CCNC(=NCc1cccc(F)c1)NCCCCN1CCN(C)CC1.I. The lowest BCUT2D eigenvalue weighted by atomic mass is 10.2. The van der Waals surface area contributed by atoms with Gasteiger partial charge in [-0.15, -0.1) is 24.0 Å². The molecule has 0 amide bonds. The number of hydrogen-bond donors (Lipinski definition) is 2. The molecule has 26 heavy (non-hydrogen) atoms. The highest BCUT2D eigenvalue weighted by molar-refractivity contribution is 14.0. The van der Waals surface area contributed by atoms with Crippen molar-refractivity contribution in [3.8, 4) is 0 Å². The summed E-state index contributed by atoms with van der Waals surface area (Å²) < 4.78 is 13.2. The Hall–Kier alpha value is -0.930. The first-order chi connectivity index (χ1) is 12.2. The van der Waals surface area contributed by atoms with Crippen LogP contribution in [0.25, 0.3) is 0 Å². The van der Waals surface area contributed by atoms with Crippen molar-refractivity contribution < 1.29 is 4.39 Å². The standard InChI is InChI=1S/C19H32FN5.HI/c1-3-21-19(23-16-17-7-6-8-18(20)15-17)22-9-4-5-10-25-13-11-24(2)12-14-25;/h6-8,15H,3-5,9-14,16H2,1-2H3,(H2,21,22,23);1H. The minimum atomic E-state index is -0.213. The summed E-state index contributed by atoms with van der Waals surface area (Å²) in [6.07, 6.45) is 2.32. The number of likely N-dealkylation sites (N-methyl/N-ethyl adjacent to an activating group) is 1. The fraction of sp³-hybridized carbons (Fsp3) is 0.632. The second-order valence-electron chi connectivity index (χ2n) is 6.60. The van der Waals surface area contributed by atoms with Gasteiger partial charge in [-0.3, -0.25) is 0 Å². The Balaban J connectivity index is 0.00000338. The molecule has 7 heteroatoms. The lowest BCUT2D eigenvalue weighted by Crippen LogP contribution is -2.44. The highest BCUT2D eigenvalue weighted by Gasteiger charge is 2.12. The smallest absolute Gasteiger partial charge is 0.191 e. The molecule has 0 aromatic heterocycles. The maximum atomic E-state index is 13.2. The summed E-state index contributed by atoms with van der Waals surface area (Å²) in [5.74, 6) is 0.584. The number of nitrogens with one attached hydrogen (secondary N) is 2. The van der Waals surface area contributed by atoms with Gasteiger partial charge in [0.05, 0.1) is 6.54 Å². The van der Waals surface area contributed by atoms with Crippen molar-refractivity contribution in [2.75, 3.05) is 52.9 Å². The van der Waals surface area contributed by atoms with E-state index in [1.165, 1.54) is 51.3 Å². The van der Waals surface area contributed by atoms with E-state index < -0.39 is 0 Å². The summed E-state index contributed by atoms with van der Waals surface area (Å²) in [7, 11) is 2.19. The van der Waals surface area contributed by atoms with E-state index in [2.05, 4.69) is 32.5 Å². The molecule has 1 aromatic carbocycles. The molecule has 0 radical (unpaired) electrons. The fourth-order valence-electron chi connectivity index (χ4n) is 2.89. The molecule has 0 unspecified atom stereocenters. The van der Waals surface area contributed by atoms with Crippen LogP contribution < -0.4 is 10.6 Å². The summed E-state index contributed by atoms with van der Waals surface area (Å²) >= 11 is 0. The Bertz CT molecular complexity index is 532. The molecule has 2 N–H and O–H groups in total. The first-order valence-electron chi connectivity index (χ1n) is 9.35. The van der Waals surface area contributed by atoms with Gasteiger partial charge in [0.25, 0.3) is 0 Å². The predicted octanol–water partition coefficient (Wildman–Crippen LogP) is 2.53. The minimum Gasteiger partial charge on any atom is -0.357 e. The molecule has 1 saturated heterocycles. The number of unbranched alkanes of at least 4 members (excludes halogenated alkanes) is 1. The number of hydrogen-bond acceptors (Lipinski definition) is 3. The van der Waals surface area contributed by atoms with Crippen LogP contribution in [0.15, 0.2) is 29.3 Å². The van der Waals surface area contributed by atoms with E-state index in [9.17, 15) is 4.39 Å². The topological polar surface area (TPSA) is 42.9 Å². The van der Waals surface area contributed by atoms with Crippen LogP contribution in [0.5, 0.6) is 0 Å². The van der Waals surface area contributed by atoms with Crippen molar-refractivity contribution >= 4 is 29.9 Å². The molecule has 1 aromatic rings. The quantitative estimate of drug-likeness (QED) is 0.262. The van der Waals surface area contributed by atoms with E-state index in [4.69, 9.17) is 0 Å². The number of piperazine rings is 1. The van der Waals surface area contributed by atoms with Gasteiger partial charge >= 0.3 is 0 Å². The molecule has 0 atom stereocenters. The van der Waals surface area contributed by atoms with E-state index in [0.717, 1.165) is 31.0 Å². The largest absolute Gasteiger partial charge is 0.357 e. The second-order valence-corrected chi connectivity index (χ2v) is 6.60. The fourth-order valence-corrected chi connectivity index (χ4v) is 2.89. The van der Waals surface area contributed by atoms with E-state index in [-0.39, 0.29) is 29.8 Å². The van der Waals surface area contributed by atoms with Crippen LogP contribution in [-0.4, -0.2) is 68.6 Å². The van der Waals surface area contributed by atoms with E-state index in [0.29, 0.717) is 6.54 Å². The van der Waals surface area contributed by atoms with Crippen LogP contribution in [0.3, 0.4) is 0 Å². The Labute approximate surface area is 174 Å². The normalized spacial score (nSPS) is 16.2. The first kappa shape index (κ1) is 23.1. The third kappa shape index (κ3) is 9.14. The molecule has 148 valence electrons. The van der Waals surface area contributed by atoms with Crippen molar-refractivity contribution in [1.82, 2.24) is 20.4 Å². The molecule has 2 rings (SSSR count). The zero-order chi connectivity index (χ0) is 17.9. The molecule has 1 fully saturated rings. The van der Waals surface area contributed by atoms with Gasteiger partial charge in [0.2, 0.25) is 0 Å². The van der Waals surface area contributed by atoms with Crippen LogP contribution in [0, 0.1) is 5.82 Å². The van der Waals surface area contributed by atoms with Gasteiger partial charge in [-0.2, -0.15) is 0 Å².